The van der Waals surface area contributed by atoms with Crippen molar-refractivity contribution in [2.24, 2.45) is 0 Å². The van der Waals surface area contributed by atoms with E-state index in [-0.39, 0.29) is 0 Å². The summed E-state index contributed by atoms with van der Waals surface area (Å²) >= 11 is 0. The van der Waals surface area contributed by atoms with E-state index in [4.69, 9.17) is 0 Å². The summed E-state index contributed by atoms with van der Waals surface area (Å²) in [6.07, 6.45) is 0. The third-order valence-electron chi connectivity index (χ3n) is 2.54. The zero-order valence-corrected chi connectivity index (χ0v) is 12.0. The summed E-state index contributed by atoms with van der Waals surface area (Å²) in [6, 6.07) is 18.9. The van der Waals surface area contributed by atoms with Gasteiger partial charge in [-0.25, -0.2) is 0 Å². The predicted octanol–water partition coefficient (Wildman–Crippen LogP) is 4.31. The van der Waals surface area contributed by atoms with Crippen molar-refractivity contribution in [1.82, 2.24) is 0 Å². The highest BCUT2D eigenvalue weighted by Crippen LogP contribution is 2.12. The van der Waals surface area contributed by atoms with Crippen LogP contribution in [0.4, 0.5) is 0 Å². The molecule has 0 spiro atoms. The van der Waals surface area contributed by atoms with E-state index < -0.39 is 0 Å². The van der Waals surface area contributed by atoms with Crippen molar-refractivity contribution in [2.75, 3.05) is 0 Å². The summed E-state index contributed by atoms with van der Waals surface area (Å²) in [5.41, 5.74) is 2.73. The topological polar surface area (TPSA) is 0 Å². The Morgan fingerprint density at radius 3 is 1.71 bits per heavy atom. The monoisotopic (exact) mass is 244 g/mol. The Morgan fingerprint density at radius 1 is 0.824 bits per heavy atom. The highest BCUT2D eigenvalue weighted by Gasteiger charge is 1.95. The second-order valence-corrected chi connectivity index (χ2v) is 5.14. The summed E-state index contributed by atoms with van der Waals surface area (Å²) < 4.78 is 0. The van der Waals surface area contributed by atoms with Gasteiger partial charge in [0.2, 0.25) is 0 Å². The maximum atomic E-state index is 2.68. The summed E-state index contributed by atoms with van der Waals surface area (Å²) in [7, 11) is 2.68. The van der Waals surface area contributed by atoms with Crippen LogP contribution >= 0.6 is 9.24 Å². The lowest BCUT2D eigenvalue weighted by Gasteiger charge is -2.03. The van der Waals surface area contributed by atoms with E-state index in [1.165, 1.54) is 16.4 Å². The van der Waals surface area contributed by atoms with Gasteiger partial charge in [-0.1, -0.05) is 74.0 Å². The van der Waals surface area contributed by atoms with Gasteiger partial charge in [0.1, 0.15) is 0 Å². The van der Waals surface area contributed by atoms with Crippen LogP contribution in [0, 0.1) is 6.92 Å². The van der Waals surface area contributed by atoms with Crippen molar-refractivity contribution in [2.45, 2.75) is 26.7 Å². The van der Waals surface area contributed by atoms with Gasteiger partial charge in [-0.15, -0.1) is 9.24 Å². The van der Waals surface area contributed by atoms with E-state index >= 15 is 0 Å². The smallest absolute Gasteiger partial charge is 0.0219 e. The van der Waals surface area contributed by atoms with Crippen LogP contribution in [0.1, 0.15) is 30.9 Å². The second-order valence-electron chi connectivity index (χ2n) is 4.48. The van der Waals surface area contributed by atoms with Crippen LogP contribution in [0.15, 0.2) is 54.6 Å². The van der Waals surface area contributed by atoms with E-state index in [0.717, 1.165) is 0 Å². The van der Waals surface area contributed by atoms with Gasteiger partial charge in [-0.05, 0) is 23.7 Å². The molecule has 0 heterocycles. The van der Waals surface area contributed by atoms with Crippen molar-refractivity contribution in [3.05, 3.63) is 65.7 Å². The van der Waals surface area contributed by atoms with Crippen LogP contribution < -0.4 is 5.30 Å². The fraction of sp³-hybridized carbons (Fsp3) is 0.250. The normalized spacial score (nSPS) is 9.71. The van der Waals surface area contributed by atoms with Crippen LogP contribution in [0.2, 0.25) is 0 Å². The molecule has 0 nitrogen and oxygen atoms in total. The number of benzene rings is 2. The van der Waals surface area contributed by atoms with Crippen molar-refractivity contribution in [3.63, 3.8) is 0 Å². The van der Waals surface area contributed by atoms with Crippen LogP contribution in [0.5, 0.6) is 0 Å². The molecule has 0 radical (unpaired) electrons. The molecule has 2 rings (SSSR count). The SMILES string of the molecule is CC(C)c1ccc(P)cc1.Cc1ccccc1. The van der Waals surface area contributed by atoms with E-state index in [1.807, 2.05) is 18.2 Å². The molecule has 0 aliphatic heterocycles. The van der Waals surface area contributed by atoms with Crippen LogP contribution in [-0.4, -0.2) is 0 Å². The average molecular weight is 244 g/mol. The van der Waals surface area contributed by atoms with Gasteiger partial charge in [-0.2, -0.15) is 0 Å². The maximum Gasteiger partial charge on any atom is -0.0219 e. The van der Waals surface area contributed by atoms with Crippen LogP contribution in [0.3, 0.4) is 0 Å². The third-order valence-corrected chi connectivity index (χ3v) is 2.93. The first-order chi connectivity index (χ1) is 8.09. The zero-order chi connectivity index (χ0) is 12.7. The van der Waals surface area contributed by atoms with Gasteiger partial charge < -0.3 is 0 Å². The standard InChI is InChI=1S/C9H13P.C7H8/c1-7(2)8-3-5-9(10)6-4-8;1-7-5-3-2-4-6-7/h3-7H,10H2,1-2H3;2-6H,1H3. The fourth-order valence-electron chi connectivity index (χ4n) is 1.42. The Morgan fingerprint density at radius 2 is 1.35 bits per heavy atom. The van der Waals surface area contributed by atoms with Crippen molar-refractivity contribution >= 4 is 14.5 Å². The molecule has 2 aromatic rings. The molecule has 0 N–H and O–H groups in total. The van der Waals surface area contributed by atoms with Crippen LogP contribution in [-0.2, 0) is 0 Å². The molecule has 0 aliphatic carbocycles. The molecule has 0 amide bonds. The van der Waals surface area contributed by atoms with Gasteiger partial charge in [0.05, 0.1) is 0 Å². The van der Waals surface area contributed by atoms with E-state index in [1.54, 1.807) is 0 Å². The summed E-state index contributed by atoms with van der Waals surface area (Å²) in [5.74, 6) is 0.644. The molecule has 90 valence electrons. The Labute approximate surface area is 107 Å². The molecule has 1 atom stereocenters. The summed E-state index contributed by atoms with van der Waals surface area (Å²) in [6.45, 7) is 6.50. The molecular weight excluding hydrogens is 223 g/mol. The molecule has 0 saturated heterocycles. The molecule has 0 aromatic heterocycles. The predicted molar refractivity (Wildman–Crippen MR) is 81.1 cm³/mol. The molecule has 1 heteroatoms. The Kier molecular flexibility index (Phi) is 5.94. The van der Waals surface area contributed by atoms with Gasteiger partial charge in [-0.3, -0.25) is 0 Å². The minimum Gasteiger partial charge on any atom is -0.106 e. The Bertz CT molecular complexity index is 415. The molecule has 0 bridgehead atoms. The zero-order valence-electron chi connectivity index (χ0n) is 10.9. The lowest BCUT2D eigenvalue weighted by Crippen LogP contribution is -1.92. The van der Waals surface area contributed by atoms with Crippen molar-refractivity contribution < 1.29 is 0 Å². The Balaban J connectivity index is 0.000000181. The van der Waals surface area contributed by atoms with Gasteiger partial charge >= 0.3 is 0 Å². The number of hydrogen-bond acceptors (Lipinski definition) is 0. The van der Waals surface area contributed by atoms with Gasteiger partial charge in [0, 0.05) is 0 Å². The number of rotatable bonds is 1. The maximum absolute atomic E-state index is 2.68. The first-order valence-electron chi connectivity index (χ1n) is 5.96. The van der Waals surface area contributed by atoms with Crippen molar-refractivity contribution in [3.8, 4) is 0 Å². The van der Waals surface area contributed by atoms with Crippen molar-refractivity contribution in [1.29, 1.82) is 0 Å². The first-order valence-corrected chi connectivity index (χ1v) is 6.54. The molecule has 0 fully saturated rings. The molecule has 1 unspecified atom stereocenters. The largest absolute Gasteiger partial charge is 0.106 e. The fourth-order valence-corrected chi connectivity index (χ4v) is 1.61. The van der Waals surface area contributed by atoms with E-state index in [9.17, 15) is 0 Å². The average Bonchev–Trinajstić information content (AvgIpc) is 2.31. The minimum atomic E-state index is 0.644. The third kappa shape index (κ3) is 5.65. The molecule has 0 aliphatic rings. The number of aryl methyl sites for hydroxylation is 1. The van der Waals surface area contributed by atoms with E-state index in [0.29, 0.717) is 5.92 Å². The highest BCUT2D eigenvalue weighted by molar-refractivity contribution is 7.27. The molecule has 2 aromatic carbocycles. The summed E-state index contributed by atoms with van der Waals surface area (Å²) in [4.78, 5) is 0. The quantitative estimate of drug-likeness (QED) is 0.656. The molecule has 17 heavy (non-hydrogen) atoms. The molecular formula is C16H21P. The lowest BCUT2D eigenvalue weighted by molar-refractivity contribution is 0.867. The number of hydrogen-bond donors (Lipinski definition) is 0. The van der Waals surface area contributed by atoms with Gasteiger partial charge in [0.15, 0.2) is 0 Å². The second kappa shape index (κ2) is 7.25. The highest BCUT2D eigenvalue weighted by atomic mass is 31.0. The van der Waals surface area contributed by atoms with E-state index in [2.05, 4.69) is 66.4 Å². The first kappa shape index (κ1) is 13.9. The summed E-state index contributed by atoms with van der Waals surface area (Å²) in [5, 5.41) is 1.25. The van der Waals surface area contributed by atoms with Gasteiger partial charge in [0.25, 0.3) is 0 Å². The lowest BCUT2D eigenvalue weighted by atomic mass is 10.0. The van der Waals surface area contributed by atoms with Crippen LogP contribution in [0.25, 0.3) is 0 Å². The minimum absolute atomic E-state index is 0.644. The molecule has 0 saturated carbocycles. The Hall–Kier alpha value is -1.13.